The molecule has 2 aromatic rings. The van der Waals surface area contributed by atoms with Crippen molar-refractivity contribution < 1.29 is 4.52 Å². The molecule has 0 fully saturated rings. The van der Waals surface area contributed by atoms with E-state index in [1.54, 1.807) is 6.20 Å². The highest BCUT2D eigenvalue weighted by atomic mass is 127. The summed E-state index contributed by atoms with van der Waals surface area (Å²) in [7, 11) is 1.83. The summed E-state index contributed by atoms with van der Waals surface area (Å²) in [6, 6.07) is 0. The van der Waals surface area contributed by atoms with Gasteiger partial charge in [0.1, 0.15) is 11.6 Å². The van der Waals surface area contributed by atoms with Crippen molar-refractivity contribution in [3.8, 4) is 11.4 Å². The van der Waals surface area contributed by atoms with Crippen LogP contribution in [0.2, 0.25) is 0 Å². The number of aromatic nitrogens is 3. The fourth-order valence-electron chi connectivity index (χ4n) is 1.47. The van der Waals surface area contributed by atoms with Gasteiger partial charge in [-0.3, -0.25) is 0 Å². The maximum Gasteiger partial charge on any atom is 0.167 e. The van der Waals surface area contributed by atoms with Gasteiger partial charge in [-0.1, -0.05) is 5.16 Å². The molecule has 0 aliphatic heterocycles. The topological polar surface area (TPSA) is 63.8 Å². The first-order valence-corrected chi connectivity index (χ1v) is 5.85. The largest absolute Gasteiger partial charge is 0.372 e. The van der Waals surface area contributed by atoms with Crippen molar-refractivity contribution in [3.63, 3.8) is 0 Å². The number of hydrogen-bond acceptors (Lipinski definition) is 5. The molecule has 0 saturated carbocycles. The van der Waals surface area contributed by atoms with Crippen molar-refractivity contribution >= 4 is 28.4 Å². The van der Waals surface area contributed by atoms with E-state index in [4.69, 9.17) is 4.52 Å². The number of nitrogens with one attached hydrogen (secondary N) is 1. The lowest BCUT2D eigenvalue weighted by Crippen LogP contribution is -2.00. The SMILES string of the molecule is CNc1nc(-c2c(C)noc2C)ncc1I. The Morgan fingerprint density at radius 3 is 2.69 bits per heavy atom. The van der Waals surface area contributed by atoms with E-state index >= 15 is 0 Å². The molecule has 6 heteroatoms. The average molecular weight is 330 g/mol. The lowest BCUT2D eigenvalue weighted by Gasteiger charge is -2.04. The first kappa shape index (κ1) is 11.3. The van der Waals surface area contributed by atoms with E-state index in [0.717, 1.165) is 26.4 Å². The standard InChI is InChI=1S/C10H11IN4O/c1-5-8(6(2)16-15-5)10-13-4-7(11)9(12-3)14-10/h4H,1-3H3,(H,12,13,14). The molecule has 0 unspecified atom stereocenters. The Labute approximate surface area is 107 Å². The minimum absolute atomic E-state index is 0.640. The fourth-order valence-corrected chi connectivity index (χ4v) is 1.99. The van der Waals surface area contributed by atoms with Crippen LogP contribution in [0.1, 0.15) is 11.5 Å². The maximum atomic E-state index is 5.10. The third-order valence-electron chi connectivity index (χ3n) is 2.24. The van der Waals surface area contributed by atoms with Gasteiger partial charge in [0, 0.05) is 13.2 Å². The molecule has 0 spiro atoms. The van der Waals surface area contributed by atoms with Gasteiger partial charge in [-0.25, -0.2) is 9.97 Å². The molecule has 84 valence electrons. The normalized spacial score (nSPS) is 10.5. The van der Waals surface area contributed by atoms with Gasteiger partial charge in [-0.15, -0.1) is 0 Å². The zero-order chi connectivity index (χ0) is 11.7. The highest BCUT2D eigenvalue weighted by Crippen LogP contribution is 2.25. The minimum atomic E-state index is 0.640. The molecule has 0 atom stereocenters. The van der Waals surface area contributed by atoms with E-state index in [1.165, 1.54) is 0 Å². The molecule has 0 aliphatic rings. The number of aryl methyl sites for hydroxylation is 2. The van der Waals surface area contributed by atoms with Crippen LogP contribution < -0.4 is 5.32 Å². The quantitative estimate of drug-likeness (QED) is 0.857. The molecule has 2 rings (SSSR count). The van der Waals surface area contributed by atoms with Gasteiger partial charge < -0.3 is 9.84 Å². The summed E-state index contributed by atoms with van der Waals surface area (Å²) in [6.07, 6.45) is 1.78. The number of nitrogens with zero attached hydrogens (tertiary/aromatic N) is 3. The fraction of sp³-hybridized carbons (Fsp3) is 0.300. The van der Waals surface area contributed by atoms with Crippen LogP contribution in [0.5, 0.6) is 0 Å². The van der Waals surface area contributed by atoms with E-state index in [2.05, 4.69) is 43.0 Å². The molecule has 0 aromatic carbocycles. The zero-order valence-corrected chi connectivity index (χ0v) is 11.4. The molecule has 0 radical (unpaired) electrons. The van der Waals surface area contributed by atoms with Gasteiger partial charge >= 0.3 is 0 Å². The smallest absolute Gasteiger partial charge is 0.167 e. The molecule has 0 saturated heterocycles. The second kappa shape index (κ2) is 4.36. The molecule has 2 aromatic heterocycles. The second-order valence-corrected chi connectivity index (χ2v) is 4.50. The summed E-state index contributed by atoms with van der Waals surface area (Å²) in [5, 5.41) is 6.92. The van der Waals surface area contributed by atoms with Gasteiger partial charge in [0.25, 0.3) is 0 Å². The molecule has 0 aliphatic carbocycles. The van der Waals surface area contributed by atoms with Crippen molar-refractivity contribution in [2.45, 2.75) is 13.8 Å². The Hall–Kier alpha value is -1.18. The molecular weight excluding hydrogens is 319 g/mol. The summed E-state index contributed by atoms with van der Waals surface area (Å²) in [5.41, 5.74) is 1.67. The Morgan fingerprint density at radius 1 is 1.38 bits per heavy atom. The Balaban J connectivity index is 2.57. The molecule has 2 heterocycles. The Morgan fingerprint density at radius 2 is 2.12 bits per heavy atom. The lowest BCUT2D eigenvalue weighted by atomic mass is 10.2. The van der Waals surface area contributed by atoms with Crippen LogP contribution in [0, 0.1) is 17.4 Å². The summed E-state index contributed by atoms with van der Waals surface area (Å²) in [5.74, 6) is 2.19. The number of halogens is 1. The van der Waals surface area contributed by atoms with Crippen LogP contribution in [0.3, 0.4) is 0 Å². The van der Waals surface area contributed by atoms with E-state index in [0.29, 0.717) is 5.82 Å². The molecule has 0 amide bonds. The van der Waals surface area contributed by atoms with Gasteiger partial charge in [0.05, 0.1) is 14.8 Å². The van der Waals surface area contributed by atoms with E-state index in [-0.39, 0.29) is 0 Å². The van der Waals surface area contributed by atoms with Crippen LogP contribution in [-0.4, -0.2) is 22.2 Å². The van der Waals surface area contributed by atoms with Crippen LogP contribution in [0.15, 0.2) is 10.7 Å². The average Bonchev–Trinajstić information content (AvgIpc) is 2.60. The summed E-state index contributed by atoms with van der Waals surface area (Å²) in [4.78, 5) is 8.72. The van der Waals surface area contributed by atoms with Crippen LogP contribution in [0.4, 0.5) is 5.82 Å². The molecule has 5 nitrogen and oxygen atoms in total. The van der Waals surface area contributed by atoms with Crippen LogP contribution in [0.25, 0.3) is 11.4 Å². The minimum Gasteiger partial charge on any atom is -0.372 e. The third kappa shape index (κ3) is 1.89. The maximum absolute atomic E-state index is 5.10. The van der Waals surface area contributed by atoms with Gasteiger partial charge in [0.2, 0.25) is 0 Å². The van der Waals surface area contributed by atoms with Crippen molar-refractivity contribution in [2.75, 3.05) is 12.4 Å². The van der Waals surface area contributed by atoms with Gasteiger partial charge in [0.15, 0.2) is 5.82 Å². The first-order valence-electron chi connectivity index (χ1n) is 4.77. The van der Waals surface area contributed by atoms with E-state index in [9.17, 15) is 0 Å². The summed E-state index contributed by atoms with van der Waals surface area (Å²) in [6.45, 7) is 3.74. The first-order chi connectivity index (χ1) is 7.63. The van der Waals surface area contributed by atoms with Crippen LogP contribution in [-0.2, 0) is 0 Å². The van der Waals surface area contributed by atoms with Gasteiger partial charge in [-0.2, -0.15) is 0 Å². The summed E-state index contributed by atoms with van der Waals surface area (Å²) < 4.78 is 6.08. The zero-order valence-electron chi connectivity index (χ0n) is 9.21. The van der Waals surface area contributed by atoms with Crippen molar-refractivity contribution in [1.82, 2.24) is 15.1 Å². The number of anilines is 1. The second-order valence-electron chi connectivity index (χ2n) is 3.34. The predicted octanol–water partition coefficient (Wildman–Crippen LogP) is 2.39. The van der Waals surface area contributed by atoms with Gasteiger partial charge in [-0.05, 0) is 36.4 Å². The van der Waals surface area contributed by atoms with Crippen molar-refractivity contribution in [1.29, 1.82) is 0 Å². The highest BCUT2D eigenvalue weighted by molar-refractivity contribution is 14.1. The summed E-state index contributed by atoms with van der Waals surface area (Å²) >= 11 is 2.19. The predicted molar refractivity (Wildman–Crippen MR) is 69.3 cm³/mol. The third-order valence-corrected chi connectivity index (χ3v) is 3.03. The lowest BCUT2D eigenvalue weighted by molar-refractivity contribution is 0.393. The monoisotopic (exact) mass is 330 g/mol. The Kier molecular flexibility index (Phi) is 3.08. The molecular formula is C10H11IN4O. The number of hydrogen-bond donors (Lipinski definition) is 1. The molecule has 0 bridgehead atoms. The van der Waals surface area contributed by atoms with E-state index in [1.807, 2.05) is 20.9 Å². The molecule has 1 N–H and O–H groups in total. The number of rotatable bonds is 2. The van der Waals surface area contributed by atoms with Crippen LogP contribution >= 0.6 is 22.6 Å². The van der Waals surface area contributed by atoms with Crippen molar-refractivity contribution in [2.24, 2.45) is 0 Å². The highest BCUT2D eigenvalue weighted by Gasteiger charge is 2.15. The molecule has 16 heavy (non-hydrogen) atoms. The van der Waals surface area contributed by atoms with Crippen molar-refractivity contribution in [3.05, 3.63) is 21.2 Å². The van der Waals surface area contributed by atoms with E-state index < -0.39 is 0 Å². The Bertz CT molecular complexity index is 504.